The van der Waals surface area contributed by atoms with Gasteiger partial charge in [-0.1, -0.05) is 42.5 Å². The largest absolute Gasteiger partial charge is 0.497 e. The van der Waals surface area contributed by atoms with Crippen LogP contribution in [0.4, 0.5) is 0 Å². The topological polar surface area (TPSA) is 35.2 Å². The molecular weight excluding hydrogens is 198 g/mol. The van der Waals surface area contributed by atoms with E-state index in [2.05, 4.69) is 0 Å². The lowest BCUT2D eigenvalue weighted by Gasteiger charge is -2.13. The molecule has 0 aliphatic carbocycles. The van der Waals surface area contributed by atoms with Gasteiger partial charge in [-0.3, -0.25) is 0 Å². The quantitative estimate of drug-likeness (QED) is 0.850. The van der Waals surface area contributed by atoms with Gasteiger partial charge in [-0.25, -0.2) is 0 Å². The Morgan fingerprint density at radius 2 is 1.62 bits per heavy atom. The first-order chi connectivity index (χ1) is 7.81. The molecule has 1 atom stereocenters. The molecule has 0 heterocycles. The molecule has 0 amide bonds. The fraction of sp³-hybridized carbons (Fsp3) is 0.143. The van der Waals surface area contributed by atoms with Crippen molar-refractivity contribution in [3.05, 3.63) is 65.7 Å². The van der Waals surface area contributed by atoms with E-state index in [0.29, 0.717) is 0 Å². The van der Waals surface area contributed by atoms with E-state index < -0.39 is 0 Å². The van der Waals surface area contributed by atoms with Crippen molar-refractivity contribution in [2.45, 2.75) is 6.04 Å². The highest BCUT2D eigenvalue weighted by atomic mass is 16.5. The van der Waals surface area contributed by atoms with E-state index in [-0.39, 0.29) is 6.04 Å². The van der Waals surface area contributed by atoms with Crippen LogP contribution in [0.1, 0.15) is 17.2 Å². The van der Waals surface area contributed by atoms with Crippen molar-refractivity contribution in [3.63, 3.8) is 0 Å². The number of rotatable bonds is 3. The van der Waals surface area contributed by atoms with Gasteiger partial charge in [-0.05, 0) is 23.3 Å². The lowest BCUT2D eigenvalue weighted by molar-refractivity contribution is 0.414. The molecular formula is C14H15NO. The van der Waals surface area contributed by atoms with Crippen LogP contribution >= 0.6 is 0 Å². The van der Waals surface area contributed by atoms with Gasteiger partial charge in [-0.15, -0.1) is 0 Å². The Labute approximate surface area is 95.7 Å². The van der Waals surface area contributed by atoms with E-state index in [1.54, 1.807) is 7.11 Å². The second-order valence-corrected chi connectivity index (χ2v) is 3.66. The molecule has 82 valence electrons. The van der Waals surface area contributed by atoms with Gasteiger partial charge in [0.05, 0.1) is 13.2 Å². The highest BCUT2D eigenvalue weighted by molar-refractivity contribution is 5.36. The third-order valence-electron chi connectivity index (χ3n) is 2.61. The highest BCUT2D eigenvalue weighted by Crippen LogP contribution is 2.22. The first-order valence-corrected chi connectivity index (χ1v) is 5.26. The predicted octanol–water partition coefficient (Wildman–Crippen LogP) is 2.74. The molecule has 2 rings (SSSR count). The van der Waals surface area contributed by atoms with Crippen molar-refractivity contribution in [1.82, 2.24) is 0 Å². The summed E-state index contributed by atoms with van der Waals surface area (Å²) in [5.74, 6) is 0.837. The van der Waals surface area contributed by atoms with Gasteiger partial charge in [0.2, 0.25) is 0 Å². The van der Waals surface area contributed by atoms with Crippen LogP contribution < -0.4 is 10.5 Å². The summed E-state index contributed by atoms with van der Waals surface area (Å²) < 4.78 is 5.19. The normalized spacial score (nSPS) is 12.1. The van der Waals surface area contributed by atoms with Crippen LogP contribution in [0.5, 0.6) is 5.75 Å². The maximum atomic E-state index is 6.18. The van der Waals surface area contributed by atoms with Gasteiger partial charge in [0, 0.05) is 0 Å². The van der Waals surface area contributed by atoms with Crippen LogP contribution in [0, 0.1) is 0 Å². The number of hydrogen-bond donors (Lipinski definition) is 1. The van der Waals surface area contributed by atoms with Crippen LogP contribution in [-0.2, 0) is 0 Å². The van der Waals surface area contributed by atoms with Crippen LogP contribution in [0.15, 0.2) is 54.6 Å². The lowest BCUT2D eigenvalue weighted by Crippen LogP contribution is -2.11. The Balaban J connectivity index is 2.30. The standard InChI is InChI=1S/C14H15NO/c1-16-13-9-5-8-12(10-13)14(15)11-6-3-2-4-7-11/h2-10,14H,15H2,1H3/t14-/m0/s1. The maximum Gasteiger partial charge on any atom is 0.119 e. The van der Waals surface area contributed by atoms with E-state index in [4.69, 9.17) is 10.5 Å². The molecule has 0 fully saturated rings. The monoisotopic (exact) mass is 213 g/mol. The second-order valence-electron chi connectivity index (χ2n) is 3.66. The predicted molar refractivity (Wildman–Crippen MR) is 65.5 cm³/mol. The summed E-state index contributed by atoms with van der Waals surface area (Å²) in [5.41, 5.74) is 8.35. The summed E-state index contributed by atoms with van der Waals surface area (Å²) in [6, 6.07) is 17.8. The molecule has 2 N–H and O–H groups in total. The molecule has 0 aliphatic rings. The van der Waals surface area contributed by atoms with E-state index >= 15 is 0 Å². The minimum Gasteiger partial charge on any atom is -0.497 e. The van der Waals surface area contributed by atoms with Crippen molar-refractivity contribution in [1.29, 1.82) is 0 Å². The molecule has 0 radical (unpaired) electrons. The smallest absolute Gasteiger partial charge is 0.119 e. The molecule has 0 aliphatic heterocycles. The molecule has 2 aromatic rings. The molecule has 0 unspecified atom stereocenters. The van der Waals surface area contributed by atoms with E-state index in [0.717, 1.165) is 16.9 Å². The van der Waals surface area contributed by atoms with Gasteiger partial charge < -0.3 is 10.5 Å². The molecule has 0 spiro atoms. The van der Waals surface area contributed by atoms with Crippen molar-refractivity contribution in [2.75, 3.05) is 7.11 Å². The summed E-state index contributed by atoms with van der Waals surface area (Å²) in [5, 5.41) is 0. The van der Waals surface area contributed by atoms with Crippen molar-refractivity contribution in [3.8, 4) is 5.75 Å². The summed E-state index contributed by atoms with van der Waals surface area (Å²) in [7, 11) is 1.66. The third-order valence-corrected chi connectivity index (χ3v) is 2.61. The van der Waals surface area contributed by atoms with Crippen LogP contribution in [-0.4, -0.2) is 7.11 Å². The van der Waals surface area contributed by atoms with Crippen LogP contribution in [0.25, 0.3) is 0 Å². The molecule has 2 nitrogen and oxygen atoms in total. The fourth-order valence-corrected chi connectivity index (χ4v) is 1.69. The van der Waals surface area contributed by atoms with Gasteiger partial charge in [0.1, 0.15) is 5.75 Å². The van der Waals surface area contributed by atoms with Gasteiger partial charge in [-0.2, -0.15) is 0 Å². The summed E-state index contributed by atoms with van der Waals surface area (Å²) in [6.45, 7) is 0. The number of hydrogen-bond acceptors (Lipinski definition) is 2. The average molecular weight is 213 g/mol. The Morgan fingerprint density at radius 3 is 2.31 bits per heavy atom. The fourth-order valence-electron chi connectivity index (χ4n) is 1.69. The molecule has 2 aromatic carbocycles. The Kier molecular flexibility index (Phi) is 3.22. The number of benzene rings is 2. The molecule has 0 saturated carbocycles. The van der Waals surface area contributed by atoms with E-state index in [1.807, 2.05) is 54.6 Å². The zero-order valence-electron chi connectivity index (χ0n) is 9.26. The molecule has 0 aromatic heterocycles. The Bertz CT molecular complexity index is 453. The van der Waals surface area contributed by atoms with Crippen molar-refractivity contribution >= 4 is 0 Å². The third kappa shape index (κ3) is 2.23. The summed E-state index contributed by atoms with van der Waals surface area (Å²) in [6.07, 6.45) is 0. The summed E-state index contributed by atoms with van der Waals surface area (Å²) in [4.78, 5) is 0. The molecule has 0 saturated heterocycles. The maximum absolute atomic E-state index is 6.18. The summed E-state index contributed by atoms with van der Waals surface area (Å²) >= 11 is 0. The number of ether oxygens (including phenoxy) is 1. The molecule has 2 heteroatoms. The molecule has 16 heavy (non-hydrogen) atoms. The van der Waals surface area contributed by atoms with Gasteiger partial charge in [0.25, 0.3) is 0 Å². The lowest BCUT2D eigenvalue weighted by atomic mass is 10.00. The first-order valence-electron chi connectivity index (χ1n) is 5.26. The van der Waals surface area contributed by atoms with Gasteiger partial charge >= 0.3 is 0 Å². The average Bonchev–Trinajstić information content (AvgIpc) is 2.39. The zero-order valence-corrected chi connectivity index (χ0v) is 9.26. The van der Waals surface area contributed by atoms with E-state index in [9.17, 15) is 0 Å². The SMILES string of the molecule is COc1cccc([C@@H](N)c2ccccc2)c1. The van der Waals surface area contributed by atoms with Crippen molar-refractivity contribution < 1.29 is 4.74 Å². The molecule has 0 bridgehead atoms. The Morgan fingerprint density at radius 1 is 0.938 bits per heavy atom. The minimum atomic E-state index is -0.101. The second kappa shape index (κ2) is 4.81. The van der Waals surface area contributed by atoms with Crippen molar-refractivity contribution in [2.24, 2.45) is 5.73 Å². The van der Waals surface area contributed by atoms with Crippen LogP contribution in [0.3, 0.4) is 0 Å². The Hall–Kier alpha value is -1.80. The highest BCUT2D eigenvalue weighted by Gasteiger charge is 2.08. The number of nitrogens with two attached hydrogens (primary N) is 1. The number of methoxy groups -OCH3 is 1. The minimum absolute atomic E-state index is 0.101. The first kappa shape index (κ1) is 10.7. The van der Waals surface area contributed by atoms with E-state index in [1.165, 1.54) is 0 Å². The van der Waals surface area contributed by atoms with Gasteiger partial charge in [0.15, 0.2) is 0 Å². The van der Waals surface area contributed by atoms with Crippen LogP contribution in [0.2, 0.25) is 0 Å². The zero-order chi connectivity index (χ0) is 11.4.